The molecular formula is C18H15BrN2O3S2. The zero-order chi connectivity index (χ0) is 18.3. The fourth-order valence-electron chi connectivity index (χ4n) is 3.22. The minimum absolute atomic E-state index is 0.0791. The van der Waals surface area contributed by atoms with Gasteiger partial charge in [-0.05, 0) is 30.3 Å². The highest BCUT2D eigenvalue weighted by Gasteiger charge is 2.49. The summed E-state index contributed by atoms with van der Waals surface area (Å²) in [5, 5.41) is 0.447. The molecule has 2 aromatic rings. The average molecular weight is 451 g/mol. The number of anilines is 1. The topological polar surface area (TPSA) is 66.8 Å². The lowest BCUT2D eigenvalue weighted by molar-refractivity contribution is 0.100. The second-order valence-corrected chi connectivity index (χ2v) is 10.5. The Bertz CT molecular complexity index is 993. The van der Waals surface area contributed by atoms with Crippen LogP contribution in [0.2, 0.25) is 0 Å². The van der Waals surface area contributed by atoms with E-state index >= 15 is 0 Å². The Morgan fingerprint density at radius 3 is 2.62 bits per heavy atom. The molecule has 0 saturated carbocycles. The first-order chi connectivity index (χ1) is 12.4. The van der Waals surface area contributed by atoms with E-state index in [2.05, 4.69) is 20.9 Å². The molecule has 26 heavy (non-hydrogen) atoms. The minimum atomic E-state index is -3.07. The Kier molecular flexibility index (Phi) is 4.66. The van der Waals surface area contributed by atoms with Crippen molar-refractivity contribution < 1.29 is 13.2 Å². The van der Waals surface area contributed by atoms with E-state index in [0.29, 0.717) is 10.7 Å². The van der Waals surface area contributed by atoms with Gasteiger partial charge in [0.05, 0.1) is 17.5 Å². The van der Waals surface area contributed by atoms with Crippen molar-refractivity contribution >= 4 is 54.3 Å². The lowest BCUT2D eigenvalue weighted by Crippen LogP contribution is -2.37. The number of carbonyl (C=O) groups is 1. The molecule has 2 aromatic carbocycles. The first-order valence-corrected chi connectivity index (χ1v) is 11.5. The van der Waals surface area contributed by atoms with Gasteiger partial charge in [0, 0.05) is 21.0 Å². The van der Waals surface area contributed by atoms with Crippen LogP contribution in [-0.4, -0.2) is 42.3 Å². The standard InChI is InChI=1S/C18H15BrN2O3S2/c19-13-7-4-8-14(9-13)21-15-10-26(23,24)11-16(15)25-18(21)20-17(22)12-5-2-1-3-6-12/h1-9,15-16H,10-11H2/t15-,16-/m1/s1. The van der Waals surface area contributed by atoms with Crippen LogP contribution in [0.25, 0.3) is 0 Å². The number of benzene rings is 2. The normalized spacial score (nSPS) is 25.4. The second kappa shape index (κ2) is 6.83. The summed E-state index contributed by atoms with van der Waals surface area (Å²) in [5.74, 6) is -0.128. The quantitative estimate of drug-likeness (QED) is 0.701. The number of amides is 1. The maximum absolute atomic E-state index is 12.5. The molecular weight excluding hydrogens is 436 g/mol. The molecule has 2 aliphatic rings. The summed E-state index contributed by atoms with van der Waals surface area (Å²) in [6.07, 6.45) is 0. The molecule has 0 N–H and O–H groups in total. The number of amidine groups is 1. The van der Waals surface area contributed by atoms with Gasteiger partial charge in [-0.25, -0.2) is 8.42 Å². The van der Waals surface area contributed by atoms with Crippen molar-refractivity contribution in [2.45, 2.75) is 11.3 Å². The summed E-state index contributed by atoms with van der Waals surface area (Å²) in [7, 11) is -3.07. The highest BCUT2D eigenvalue weighted by Crippen LogP contribution is 2.41. The number of sulfone groups is 1. The summed E-state index contributed by atoms with van der Waals surface area (Å²) in [6, 6.07) is 16.3. The molecule has 134 valence electrons. The molecule has 2 fully saturated rings. The first-order valence-electron chi connectivity index (χ1n) is 8.03. The van der Waals surface area contributed by atoms with E-state index in [-0.39, 0.29) is 28.7 Å². The van der Waals surface area contributed by atoms with Crippen LogP contribution in [0.4, 0.5) is 5.69 Å². The third kappa shape index (κ3) is 3.45. The maximum Gasteiger partial charge on any atom is 0.279 e. The maximum atomic E-state index is 12.5. The van der Waals surface area contributed by atoms with Crippen LogP contribution in [-0.2, 0) is 9.84 Å². The highest BCUT2D eigenvalue weighted by molar-refractivity contribution is 9.10. The predicted molar refractivity (Wildman–Crippen MR) is 109 cm³/mol. The van der Waals surface area contributed by atoms with E-state index in [1.807, 2.05) is 35.2 Å². The number of hydrogen-bond acceptors (Lipinski definition) is 4. The van der Waals surface area contributed by atoms with Gasteiger partial charge >= 0.3 is 0 Å². The summed E-state index contributed by atoms with van der Waals surface area (Å²) in [6.45, 7) is 0. The molecule has 5 nitrogen and oxygen atoms in total. The smallest absolute Gasteiger partial charge is 0.279 e. The third-order valence-electron chi connectivity index (χ3n) is 4.37. The van der Waals surface area contributed by atoms with Crippen LogP contribution in [0, 0.1) is 0 Å². The van der Waals surface area contributed by atoms with E-state index in [1.165, 1.54) is 11.8 Å². The van der Waals surface area contributed by atoms with E-state index in [4.69, 9.17) is 0 Å². The lowest BCUT2D eigenvalue weighted by atomic mass is 10.2. The number of fused-ring (bicyclic) bond motifs is 1. The fourth-order valence-corrected chi connectivity index (χ4v) is 7.52. The van der Waals surface area contributed by atoms with Gasteiger partial charge in [-0.3, -0.25) is 4.79 Å². The molecule has 4 rings (SSSR count). The summed E-state index contributed by atoms with van der Waals surface area (Å²) < 4.78 is 25.1. The summed E-state index contributed by atoms with van der Waals surface area (Å²) >= 11 is 4.83. The molecule has 1 amide bonds. The van der Waals surface area contributed by atoms with Crippen LogP contribution in [0.15, 0.2) is 64.1 Å². The number of aliphatic imine (C=N–C) groups is 1. The molecule has 0 aliphatic carbocycles. The van der Waals surface area contributed by atoms with Gasteiger partial charge in [0.2, 0.25) is 0 Å². The average Bonchev–Trinajstić information content (AvgIpc) is 3.06. The molecule has 0 unspecified atom stereocenters. The molecule has 2 heterocycles. The molecule has 8 heteroatoms. The Labute approximate surface area is 164 Å². The van der Waals surface area contributed by atoms with Crippen molar-refractivity contribution in [2.75, 3.05) is 16.4 Å². The summed E-state index contributed by atoms with van der Waals surface area (Å²) in [4.78, 5) is 18.8. The number of hydrogen-bond donors (Lipinski definition) is 0. The van der Waals surface area contributed by atoms with Gasteiger partial charge in [-0.1, -0.05) is 52.0 Å². The van der Waals surface area contributed by atoms with Gasteiger partial charge in [-0.15, -0.1) is 0 Å². The monoisotopic (exact) mass is 450 g/mol. The van der Waals surface area contributed by atoms with Crippen molar-refractivity contribution in [2.24, 2.45) is 4.99 Å². The predicted octanol–water partition coefficient (Wildman–Crippen LogP) is 3.36. The SMILES string of the molecule is O=C(N=C1S[C@@H]2CS(=O)(=O)C[C@H]2N1c1cccc(Br)c1)c1ccccc1. The molecule has 2 aliphatic heterocycles. The highest BCUT2D eigenvalue weighted by atomic mass is 79.9. The van der Waals surface area contributed by atoms with Crippen molar-refractivity contribution in [3.8, 4) is 0 Å². The molecule has 2 atom stereocenters. The van der Waals surface area contributed by atoms with Gasteiger partial charge in [0.1, 0.15) is 0 Å². The Hall–Kier alpha value is -1.64. The van der Waals surface area contributed by atoms with Gasteiger partial charge in [0.15, 0.2) is 15.0 Å². The van der Waals surface area contributed by atoms with E-state index < -0.39 is 9.84 Å². The third-order valence-corrected chi connectivity index (χ3v) is 8.07. The largest absolute Gasteiger partial charge is 0.316 e. The zero-order valence-corrected chi connectivity index (χ0v) is 16.8. The Balaban J connectivity index is 1.74. The van der Waals surface area contributed by atoms with Crippen LogP contribution < -0.4 is 4.90 Å². The zero-order valence-electron chi connectivity index (χ0n) is 13.6. The van der Waals surface area contributed by atoms with Crippen LogP contribution in [0.5, 0.6) is 0 Å². The van der Waals surface area contributed by atoms with E-state index in [0.717, 1.165) is 10.2 Å². The second-order valence-electron chi connectivity index (χ2n) is 6.22. The van der Waals surface area contributed by atoms with Gasteiger partial charge < -0.3 is 4.90 Å². The van der Waals surface area contributed by atoms with Crippen LogP contribution >= 0.6 is 27.7 Å². The molecule has 0 aromatic heterocycles. The minimum Gasteiger partial charge on any atom is -0.316 e. The Morgan fingerprint density at radius 1 is 1.12 bits per heavy atom. The van der Waals surface area contributed by atoms with Crippen molar-refractivity contribution in [1.82, 2.24) is 0 Å². The van der Waals surface area contributed by atoms with Gasteiger partial charge in [-0.2, -0.15) is 4.99 Å². The van der Waals surface area contributed by atoms with Crippen molar-refractivity contribution in [1.29, 1.82) is 0 Å². The van der Waals surface area contributed by atoms with Crippen LogP contribution in [0.3, 0.4) is 0 Å². The van der Waals surface area contributed by atoms with Gasteiger partial charge in [0.25, 0.3) is 5.91 Å². The molecule has 0 bridgehead atoms. The number of carbonyl (C=O) groups excluding carboxylic acids is 1. The van der Waals surface area contributed by atoms with E-state index in [1.54, 1.807) is 24.3 Å². The summed E-state index contributed by atoms with van der Waals surface area (Å²) in [5.41, 5.74) is 1.34. The fraction of sp³-hybridized carbons (Fsp3) is 0.222. The number of nitrogens with zero attached hydrogens (tertiary/aromatic N) is 2. The number of thioether (sulfide) groups is 1. The van der Waals surface area contributed by atoms with E-state index in [9.17, 15) is 13.2 Å². The molecule has 0 radical (unpaired) electrons. The Morgan fingerprint density at radius 2 is 1.88 bits per heavy atom. The number of rotatable bonds is 2. The van der Waals surface area contributed by atoms with Crippen molar-refractivity contribution in [3.05, 3.63) is 64.6 Å². The molecule has 0 spiro atoms. The van der Waals surface area contributed by atoms with Crippen LogP contribution in [0.1, 0.15) is 10.4 Å². The first kappa shape index (κ1) is 17.8. The number of halogens is 1. The lowest BCUT2D eigenvalue weighted by Gasteiger charge is -2.24. The van der Waals surface area contributed by atoms with Crippen molar-refractivity contribution in [3.63, 3.8) is 0 Å². The molecule has 2 saturated heterocycles.